The van der Waals surface area contributed by atoms with E-state index in [4.69, 9.17) is 9.15 Å². The second-order valence-electron chi connectivity index (χ2n) is 10.2. The van der Waals surface area contributed by atoms with E-state index in [0.717, 1.165) is 11.1 Å². The molecule has 1 aliphatic rings. The highest BCUT2D eigenvalue weighted by atomic mass is 19.3. The molecule has 0 unspecified atom stereocenters. The van der Waals surface area contributed by atoms with Crippen molar-refractivity contribution in [3.8, 4) is 11.5 Å². The number of alkyl halides is 2. The zero-order valence-corrected chi connectivity index (χ0v) is 21.3. The quantitative estimate of drug-likeness (QED) is 0.367. The van der Waals surface area contributed by atoms with Gasteiger partial charge in [-0.15, -0.1) is 10.2 Å². The number of aromatic nitrogens is 5. The van der Waals surface area contributed by atoms with Crippen molar-refractivity contribution in [2.45, 2.75) is 58.2 Å². The molecule has 0 N–H and O–H groups in total. The molecule has 0 aliphatic carbocycles. The third-order valence-corrected chi connectivity index (χ3v) is 6.37. The Balaban J connectivity index is 1.36. The number of imidazole rings is 1. The molecule has 38 heavy (non-hydrogen) atoms. The third-order valence-electron chi connectivity index (χ3n) is 6.37. The summed E-state index contributed by atoms with van der Waals surface area (Å²) in [5, 5.41) is 7.02. The molecule has 1 amide bonds. The number of carbonyl (C=O) groups excluding carboxylic acids is 1. The standard InChI is InChI=1S/C26H28F2N6O4/c1-26(2,3)38-25(36)32-13-10-18(11-14-32)34-19-5-4-12-29-21(19)33(24(34)35)15-16-6-8-17(9-7-16)22-30-31-23(37-22)20(27)28/h4-9,12,18,20H,10-11,13-15H2,1-3H3. The number of ether oxygens (including phenoxy) is 1. The van der Waals surface area contributed by atoms with Gasteiger partial charge in [-0.25, -0.2) is 14.6 Å². The molecule has 200 valence electrons. The number of rotatable bonds is 5. The van der Waals surface area contributed by atoms with Crippen LogP contribution in [0.1, 0.15) is 57.5 Å². The highest BCUT2D eigenvalue weighted by molar-refractivity contribution is 5.72. The van der Waals surface area contributed by atoms with Crippen LogP contribution in [-0.2, 0) is 11.3 Å². The van der Waals surface area contributed by atoms with E-state index in [1.165, 1.54) is 0 Å². The average molecular weight is 527 g/mol. The van der Waals surface area contributed by atoms with Crippen LogP contribution < -0.4 is 5.69 Å². The second kappa shape index (κ2) is 9.99. The number of halogens is 2. The Hall–Kier alpha value is -4.09. The number of amides is 1. The van der Waals surface area contributed by atoms with E-state index in [9.17, 15) is 18.4 Å². The average Bonchev–Trinajstić information content (AvgIpc) is 3.48. The summed E-state index contributed by atoms with van der Waals surface area (Å²) in [7, 11) is 0. The Kier molecular flexibility index (Phi) is 6.72. The zero-order chi connectivity index (χ0) is 27.0. The lowest BCUT2D eigenvalue weighted by Gasteiger charge is -2.33. The minimum atomic E-state index is -2.84. The summed E-state index contributed by atoms with van der Waals surface area (Å²) in [6.07, 6.45) is -0.301. The molecule has 4 heterocycles. The van der Waals surface area contributed by atoms with Gasteiger partial charge in [0.2, 0.25) is 5.89 Å². The minimum Gasteiger partial charge on any atom is -0.444 e. The molecular formula is C26H28F2N6O4. The van der Waals surface area contributed by atoms with Gasteiger partial charge in [0.15, 0.2) is 5.65 Å². The number of fused-ring (bicyclic) bond motifs is 1. The topological polar surface area (TPSA) is 108 Å². The largest absolute Gasteiger partial charge is 0.444 e. The van der Waals surface area contributed by atoms with Crippen molar-refractivity contribution in [1.29, 1.82) is 0 Å². The van der Waals surface area contributed by atoms with Crippen LogP contribution in [-0.4, -0.2) is 54.0 Å². The maximum atomic E-state index is 13.6. The first-order valence-corrected chi connectivity index (χ1v) is 12.4. The minimum absolute atomic E-state index is 0.00000957. The lowest BCUT2D eigenvalue weighted by Crippen LogP contribution is -2.43. The highest BCUT2D eigenvalue weighted by Gasteiger charge is 2.30. The van der Waals surface area contributed by atoms with Crippen LogP contribution in [0.2, 0.25) is 0 Å². The van der Waals surface area contributed by atoms with E-state index in [-0.39, 0.29) is 30.3 Å². The first-order chi connectivity index (χ1) is 18.1. The molecule has 0 atom stereocenters. The summed E-state index contributed by atoms with van der Waals surface area (Å²) in [6.45, 7) is 6.75. The molecule has 1 aliphatic heterocycles. The molecule has 12 heteroatoms. The summed E-state index contributed by atoms with van der Waals surface area (Å²) in [5.41, 5.74) is 1.86. The number of hydrogen-bond donors (Lipinski definition) is 0. The SMILES string of the molecule is CC(C)(C)OC(=O)N1CCC(n2c(=O)n(Cc3ccc(-c4nnc(C(F)F)o4)cc3)c3ncccc32)CC1. The van der Waals surface area contributed by atoms with Crippen molar-refractivity contribution < 1.29 is 22.7 Å². The molecule has 1 fully saturated rings. The van der Waals surface area contributed by atoms with Crippen molar-refractivity contribution in [2.75, 3.05) is 13.1 Å². The predicted molar refractivity (Wildman–Crippen MR) is 134 cm³/mol. The molecule has 1 saturated heterocycles. The molecule has 0 saturated carbocycles. The molecule has 10 nitrogen and oxygen atoms in total. The molecule has 3 aromatic heterocycles. The van der Waals surface area contributed by atoms with Gasteiger partial charge in [0, 0.05) is 30.9 Å². The Morgan fingerprint density at radius 3 is 2.47 bits per heavy atom. The summed E-state index contributed by atoms with van der Waals surface area (Å²) < 4.78 is 39.4. The number of hydrogen-bond acceptors (Lipinski definition) is 7. The Bertz CT molecular complexity index is 1490. The van der Waals surface area contributed by atoms with E-state index in [1.54, 1.807) is 50.6 Å². The number of pyridine rings is 1. The van der Waals surface area contributed by atoms with E-state index in [1.807, 2.05) is 26.8 Å². The Morgan fingerprint density at radius 1 is 1.13 bits per heavy atom. The van der Waals surface area contributed by atoms with Crippen molar-refractivity contribution in [3.05, 3.63) is 64.5 Å². The molecule has 1 aromatic carbocycles. The van der Waals surface area contributed by atoms with Gasteiger partial charge in [-0.2, -0.15) is 8.78 Å². The van der Waals surface area contributed by atoms with Crippen LogP contribution in [0, 0.1) is 0 Å². The highest BCUT2D eigenvalue weighted by Crippen LogP contribution is 2.27. The summed E-state index contributed by atoms with van der Waals surface area (Å²) >= 11 is 0. The second-order valence-corrected chi connectivity index (χ2v) is 10.2. The summed E-state index contributed by atoms with van der Waals surface area (Å²) in [5.74, 6) is -0.730. The van der Waals surface area contributed by atoms with Gasteiger partial charge in [-0.1, -0.05) is 12.1 Å². The number of benzene rings is 1. The van der Waals surface area contributed by atoms with Gasteiger partial charge in [0.25, 0.3) is 5.89 Å². The predicted octanol–water partition coefficient (Wildman–Crippen LogP) is 4.81. The fourth-order valence-electron chi connectivity index (χ4n) is 4.61. The molecule has 0 radical (unpaired) electrons. The van der Waals surface area contributed by atoms with Crippen LogP contribution in [0.4, 0.5) is 13.6 Å². The van der Waals surface area contributed by atoms with E-state index in [0.29, 0.717) is 37.1 Å². The van der Waals surface area contributed by atoms with Crippen LogP contribution in [0.15, 0.2) is 51.8 Å². The van der Waals surface area contributed by atoms with Crippen molar-refractivity contribution in [1.82, 2.24) is 29.2 Å². The van der Waals surface area contributed by atoms with Gasteiger partial charge in [0.1, 0.15) is 5.60 Å². The molecule has 5 rings (SSSR count). The normalized spacial score (nSPS) is 14.9. The van der Waals surface area contributed by atoms with Crippen LogP contribution in [0.3, 0.4) is 0 Å². The fourth-order valence-corrected chi connectivity index (χ4v) is 4.61. The Morgan fingerprint density at radius 2 is 1.84 bits per heavy atom. The number of likely N-dealkylation sites (tertiary alicyclic amines) is 1. The summed E-state index contributed by atoms with van der Waals surface area (Å²) in [4.78, 5) is 32.2. The van der Waals surface area contributed by atoms with E-state index in [2.05, 4.69) is 15.2 Å². The van der Waals surface area contributed by atoms with Crippen molar-refractivity contribution >= 4 is 17.3 Å². The first kappa shape index (κ1) is 25.6. The maximum absolute atomic E-state index is 13.6. The van der Waals surface area contributed by atoms with Gasteiger partial charge in [0.05, 0.1) is 12.1 Å². The molecule has 4 aromatic rings. The van der Waals surface area contributed by atoms with Gasteiger partial charge >= 0.3 is 18.2 Å². The Labute approximate surface area is 216 Å². The van der Waals surface area contributed by atoms with Gasteiger partial charge < -0.3 is 14.1 Å². The van der Waals surface area contributed by atoms with E-state index >= 15 is 0 Å². The molecular weight excluding hydrogens is 498 g/mol. The first-order valence-electron chi connectivity index (χ1n) is 12.4. The van der Waals surface area contributed by atoms with Crippen molar-refractivity contribution in [2.24, 2.45) is 0 Å². The van der Waals surface area contributed by atoms with E-state index < -0.39 is 17.9 Å². The van der Waals surface area contributed by atoms with Crippen LogP contribution >= 0.6 is 0 Å². The number of piperidine rings is 1. The number of nitrogens with zero attached hydrogens (tertiary/aromatic N) is 6. The smallest absolute Gasteiger partial charge is 0.410 e. The molecule has 0 spiro atoms. The van der Waals surface area contributed by atoms with Crippen LogP contribution in [0.5, 0.6) is 0 Å². The van der Waals surface area contributed by atoms with Gasteiger partial charge in [-0.3, -0.25) is 9.13 Å². The zero-order valence-electron chi connectivity index (χ0n) is 21.3. The summed E-state index contributed by atoms with van der Waals surface area (Å²) in [6, 6.07) is 10.5. The monoisotopic (exact) mass is 526 g/mol. The lowest BCUT2D eigenvalue weighted by molar-refractivity contribution is 0.0188. The maximum Gasteiger partial charge on any atom is 0.410 e. The molecule has 0 bridgehead atoms. The van der Waals surface area contributed by atoms with Gasteiger partial charge in [-0.05, 0) is 63.4 Å². The van der Waals surface area contributed by atoms with Crippen molar-refractivity contribution in [3.63, 3.8) is 0 Å². The number of carbonyl (C=O) groups is 1. The van der Waals surface area contributed by atoms with Crippen LogP contribution in [0.25, 0.3) is 22.6 Å². The third kappa shape index (κ3) is 5.15. The lowest BCUT2D eigenvalue weighted by atomic mass is 10.1. The fraction of sp³-hybridized carbons (Fsp3) is 0.423.